The highest BCUT2D eigenvalue weighted by Gasteiger charge is 2.27. The van der Waals surface area contributed by atoms with E-state index in [0.717, 1.165) is 10.7 Å². The van der Waals surface area contributed by atoms with Gasteiger partial charge in [-0.3, -0.25) is 9.10 Å². The van der Waals surface area contributed by atoms with Crippen LogP contribution < -0.4 is 14.4 Å². The van der Waals surface area contributed by atoms with Gasteiger partial charge in [-0.2, -0.15) is 0 Å². The van der Waals surface area contributed by atoms with Gasteiger partial charge in [0.05, 0.1) is 17.7 Å². The number of nitrogens with one attached hydrogen (secondary N) is 1. The van der Waals surface area contributed by atoms with E-state index in [1.165, 1.54) is 19.2 Å². The van der Waals surface area contributed by atoms with Crippen molar-refractivity contribution in [3.8, 4) is 5.75 Å². The Kier molecular flexibility index (Phi) is 6.63. The van der Waals surface area contributed by atoms with Gasteiger partial charge in [-0.15, -0.1) is 0 Å². The first-order valence-electron chi connectivity index (χ1n) is 8.39. The van der Waals surface area contributed by atoms with E-state index in [0.29, 0.717) is 11.4 Å². The van der Waals surface area contributed by atoms with Gasteiger partial charge in [0.15, 0.2) is 0 Å². The van der Waals surface area contributed by atoms with Crippen molar-refractivity contribution in [3.63, 3.8) is 0 Å². The molecule has 0 heterocycles. The Morgan fingerprint density at radius 1 is 1.12 bits per heavy atom. The van der Waals surface area contributed by atoms with E-state index >= 15 is 0 Å². The van der Waals surface area contributed by atoms with E-state index in [2.05, 4.69) is 5.32 Å². The van der Waals surface area contributed by atoms with Gasteiger partial charge in [0.2, 0.25) is 5.91 Å². The molecule has 1 atom stereocenters. The maximum Gasteiger partial charge on any atom is 0.264 e. The lowest BCUT2D eigenvalue weighted by molar-refractivity contribution is -0.120. The van der Waals surface area contributed by atoms with Crippen LogP contribution in [0.3, 0.4) is 0 Å². The second-order valence-corrected chi connectivity index (χ2v) is 7.76. The SMILES string of the molecule is CCC(C)NC(=O)CN(c1ccccc1)S(=O)(=O)c1ccc(OC)cc1. The summed E-state index contributed by atoms with van der Waals surface area (Å²) in [5, 5.41) is 2.81. The van der Waals surface area contributed by atoms with E-state index in [1.54, 1.807) is 42.5 Å². The molecule has 2 aromatic rings. The average molecular weight is 376 g/mol. The molecule has 1 N–H and O–H groups in total. The molecule has 0 saturated heterocycles. The minimum absolute atomic E-state index is 0.0242. The van der Waals surface area contributed by atoms with Gasteiger partial charge in [-0.25, -0.2) is 8.42 Å². The molecule has 2 rings (SSSR count). The molecule has 1 amide bonds. The van der Waals surface area contributed by atoms with Gasteiger partial charge >= 0.3 is 0 Å². The summed E-state index contributed by atoms with van der Waals surface area (Å²) in [6, 6.07) is 14.7. The van der Waals surface area contributed by atoms with Crippen LogP contribution in [-0.2, 0) is 14.8 Å². The number of hydrogen-bond donors (Lipinski definition) is 1. The molecule has 0 fully saturated rings. The van der Waals surface area contributed by atoms with Gasteiger partial charge in [0.1, 0.15) is 12.3 Å². The predicted molar refractivity (Wildman–Crippen MR) is 102 cm³/mol. The minimum Gasteiger partial charge on any atom is -0.497 e. The van der Waals surface area contributed by atoms with Crippen molar-refractivity contribution in [1.82, 2.24) is 5.32 Å². The summed E-state index contributed by atoms with van der Waals surface area (Å²) in [6.07, 6.45) is 0.766. The number of benzene rings is 2. The average Bonchev–Trinajstić information content (AvgIpc) is 2.66. The Morgan fingerprint density at radius 3 is 2.27 bits per heavy atom. The monoisotopic (exact) mass is 376 g/mol. The zero-order valence-corrected chi connectivity index (χ0v) is 16.0. The highest BCUT2D eigenvalue weighted by atomic mass is 32.2. The molecule has 6 nitrogen and oxygen atoms in total. The lowest BCUT2D eigenvalue weighted by atomic mass is 10.2. The zero-order valence-electron chi connectivity index (χ0n) is 15.2. The second-order valence-electron chi connectivity index (χ2n) is 5.90. The Hall–Kier alpha value is -2.54. The summed E-state index contributed by atoms with van der Waals surface area (Å²) < 4.78 is 32.4. The number of ether oxygens (including phenoxy) is 1. The first-order valence-corrected chi connectivity index (χ1v) is 9.83. The standard InChI is InChI=1S/C19H24N2O4S/c1-4-15(2)20-19(22)14-21(16-8-6-5-7-9-16)26(23,24)18-12-10-17(25-3)11-13-18/h5-13,15H,4,14H2,1-3H3,(H,20,22). The normalized spacial score (nSPS) is 12.3. The Bertz CT molecular complexity index is 820. The number of carbonyl (C=O) groups excluding carboxylic acids is 1. The number of carbonyl (C=O) groups is 1. The van der Waals surface area contributed by atoms with Crippen LogP contribution in [0, 0.1) is 0 Å². The predicted octanol–water partition coefficient (Wildman–Crippen LogP) is 2.81. The summed E-state index contributed by atoms with van der Waals surface area (Å²) in [4.78, 5) is 12.4. The third-order valence-electron chi connectivity index (χ3n) is 4.00. The number of hydrogen-bond acceptors (Lipinski definition) is 4. The molecule has 2 aromatic carbocycles. The van der Waals surface area contributed by atoms with Crippen LogP contribution in [0.2, 0.25) is 0 Å². The smallest absolute Gasteiger partial charge is 0.264 e. The maximum atomic E-state index is 13.1. The summed E-state index contributed by atoms with van der Waals surface area (Å²) in [5.74, 6) is 0.213. The van der Waals surface area contributed by atoms with Gasteiger partial charge in [-0.1, -0.05) is 25.1 Å². The van der Waals surface area contributed by atoms with E-state index in [-0.39, 0.29) is 23.4 Å². The molecule has 0 aliphatic carbocycles. The lowest BCUT2D eigenvalue weighted by Gasteiger charge is -2.25. The number of nitrogens with zero attached hydrogens (tertiary/aromatic N) is 1. The highest BCUT2D eigenvalue weighted by Crippen LogP contribution is 2.24. The summed E-state index contributed by atoms with van der Waals surface area (Å²) >= 11 is 0. The van der Waals surface area contributed by atoms with Crippen molar-refractivity contribution in [3.05, 3.63) is 54.6 Å². The fourth-order valence-electron chi connectivity index (χ4n) is 2.34. The summed E-state index contributed by atoms with van der Waals surface area (Å²) in [7, 11) is -2.39. The van der Waals surface area contributed by atoms with Crippen LogP contribution in [0.25, 0.3) is 0 Å². The molecular formula is C19H24N2O4S. The third kappa shape index (κ3) is 4.76. The fourth-order valence-corrected chi connectivity index (χ4v) is 3.76. The van der Waals surface area contributed by atoms with Crippen molar-refractivity contribution < 1.29 is 17.9 Å². The molecular weight excluding hydrogens is 352 g/mol. The second kappa shape index (κ2) is 8.71. The Morgan fingerprint density at radius 2 is 1.73 bits per heavy atom. The molecule has 26 heavy (non-hydrogen) atoms. The van der Waals surface area contributed by atoms with Crippen LogP contribution in [0.4, 0.5) is 5.69 Å². The molecule has 0 aromatic heterocycles. The van der Waals surface area contributed by atoms with Gasteiger partial charge in [-0.05, 0) is 49.7 Å². The number of rotatable bonds is 8. The molecule has 1 unspecified atom stereocenters. The summed E-state index contributed by atoms with van der Waals surface area (Å²) in [5.41, 5.74) is 0.433. The quantitative estimate of drug-likeness (QED) is 0.769. The van der Waals surface area contributed by atoms with Crippen molar-refractivity contribution in [1.29, 1.82) is 0 Å². The Labute approximate surface area is 154 Å². The van der Waals surface area contributed by atoms with Crippen LogP contribution in [0.1, 0.15) is 20.3 Å². The van der Waals surface area contributed by atoms with Crippen molar-refractivity contribution >= 4 is 21.6 Å². The molecule has 0 spiro atoms. The number of para-hydroxylation sites is 1. The molecule has 0 saturated carbocycles. The Balaban J connectivity index is 2.37. The summed E-state index contributed by atoms with van der Waals surface area (Å²) in [6.45, 7) is 3.54. The van der Waals surface area contributed by atoms with E-state index < -0.39 is 10.0 Å². The third-order valence-corrected chi connectivity index (χ3v) is 5.79. The van der Waals surface area contributed by atoms with E-state index in [9.17, 15) is 13.2 Å². The first-order chi connectivity index (χ1) is 12.4. The van der Waals surface area contributed by atoms with Crippen molar-refractivity contribution in [2.75, 3.05) is 18.0 Å². The minimum atomic E-state index is -3.90. The molecule has 0 aliphatic rings. The van der Waals surface area contributed by atoms with E-state index in [1.807, 2.05) is 13.8 Å². The number of amides is 1. The number of sulfonamides is 1. The van der Waals surface area contributed by atoms with Crippen LogP contribution >= 0.6 is 0 Å². The molecule has 7 heteroatoms. The van der Waals surface area contributed by atoms with Gasteiger partial charge in [0.25, 0.3) is 10.0 Å². The first kappa shape index (κ1) is 19.8. The molecule has 0 bridgehead atoms. The number of anilines is 1. The zero-order chi connectivity index (χ0) is 19.2. The van der Waals surface area contributed by atoms with E-state index in [4.69, 9.17) is 4.74 Å². The van der Waals surface area contributed by atoms with Crippen molar-refractivity contribution in [2.24, 2.45) is 0 Å². The topological polar surface area (TPSA) is 75.7 Å². The number of methoxy groups -OCH3 is 1. The van der Waals surface area contributed by atoms with Crippen LogP contribution in [-0.4, -0.2) is 34.0 Å². The molecule has 140 valence electrons. The largest absolute Gasteiger partial charge is 0.497 e. The van der Waals surface area contributed by atoms with Crippen LogP contribution in [0.5, 0.6) is 5.75 Å². The maximum absolute atomic E-state index is 13.1. The lowest BCUT2D eigenvalue weighted by Crippen LogP contribution is -2.43. The fraction of sp³-hybridized carbons (Fsp3) is 0.316. The van der Waals surface area contributed by atoms with Crippen molar-refractivity contribution in [2.45, 2.75) is 31.2 Å². The molecule has 0 radical (unpaired) electrons. The highest BCUT2D eigenvalue weighted by molar-refractivity contribution is 7.92. The molecule has 0 aliphatic heterocycles. The van der Waals surface area contributed by atoms with Crippen LogP contribution in [0.15, 0.2) is 59.5 Å². The van der Waals surface area contributed by atoms with Gasteiger partial charge in [0, 0.05) is 6.04 Å². The van der Waals surface area contributed by atoms with Gasteiger partial charge < -0.3 is 10.1 Å².